The summed E-state index contributed by atoms with van der Waals surface area (Å²) < 4.78 is 26.3. The molecule has 0 fully saturated rings. The van der Waals surface area contributed by atoms with E-state index in [0.29, 0.717) is 0 Å². The highest BCUT2D eigenvalue weighted by Crippen LogP contribution is 2.19. The number of amides is 1. The minimum absolute atomic E-state index is 0.171. The molecule has 88 valence electrons. The molecule has 1 N–H and O–H groups in total. The van der Waals surface area contributed by atoms with Crippen molar-refractivity contribution in [2.75, 3.05) is 6.54 Å². The Morgan fingerprint density at radius 3 is 2.62 bits per heavy atom. The van der Waals surface area contributed by atoms with E-state index in [1.165, 1.54) is 0 Å². The second-order valence-corrected chi connectivity index (χ2v) is 4.39. The highest BCUT2D eigenvalue weighted by molar-refractivity contribution is 6.30. The van der Waals surface area contributed by atoms with Crippen LogP contribution in [0.2, 0.25) is 5.02 Å². The lowest BCUT2D eigenvalue weighted by Gasteiger charge is -2.07. The van der Waals surface area contributed by atoms with E-state index in [1.54, 1.807) is 6.92 Å². The number of alkyl halides is 1. The van der Waals surface area contributed by atoms with Crippen LogP contribution in [0.3, 0.4) is 0 Å². The number of hydrogen-bond acceptors (Lipinski definition) is 1. The lowest BCUT2D eigenvalue weighted by Crippen LogP contribution is -2.29. The summed E-state index contributed by atoms with van der Waals surface area (Å²) in [4.78, 5) is 11.4. The van der Waals surface area contributed by atoms with Crippen LogP contribution in [0.25, 0.3) is 0 Å². The summed E-state index contributed by atoms with van der Waals surface area (Å²) >= 11 is 11.0. The fourth-order valence-corrected chi connectivity index (χ4v) is 1.25. The third-order valence-corrected chi connectivity index (χ3v) is 2.24. The van der Waals surface area contributed by atoms with Crippen molar-refractivity contribution in [3.8, 4) is 0 Å². The molecule has 0 aliphatic rings. The zero-order valence-corrected chi connectivity index (χ0v) is 9.87. The van der Waals surface area contributed by atoms with Crippen molar-refractivity contribution in [2.24, 2.45) is 0 Å². The van der Waals surface area contributed by atoms with Crippen LogP contribution in [0.4, 0.5) is 8.78 Å². The van der Waals surface area contributed by atoms with Crippen LogP contribution in [0.5, 0.6) is 0 Å². The molecule has 0 aliphatic heterocycles. The summed E-state index contributed by atoms with van der Waals surface area (Å²) in [7, 11) is 0. The molecule has 0 spiro atoms. The van der Waals surface area contributed by atoms with Gasteiger partial charge in [-0.15, -0.1) is 11.6 Å². The Labute approximate surface area is 102 Å². The Kier molecular flexibility index (Phi) is 4.50. The van der Waals surface area contributed by atoms with E-state index in [9.17, 15) is 13.6 Å². The van der Waals surface area contributed by atoms with Gasteiger partial charge in [0.25, 0.3) is 5.91 Å². The minimum Gasteiger partial charge on any atom is -0.350 e. The van der Waals surface area contributed by atoms with Crippen molar-refractivity contribution in [2.45, 2.75) is 12.3 Å². The van der Waals surface area contributed by atoms with Gasteiger partial charge in [0.05, 0.1) is 10.6 Å². The monoisotopic (exact) mass is 267 g/mol. The van der Waals surface area contributed by atoms with E-state index in [-0.39, 0.29) is 22.5 Å². The fraction of sp³-hybridized carbons (Fsp3) is 0.300. The van der Waals surface area contributed by atoms with E-state index in [1.807, 2.05) is 0 Å². The topological polar surface area (TPSA) is 29.1 Å². The summed E-state index contributed by atoms with van der Waals surface area (Å²) in [6, 6.07) is 1.52. The lowest BCUT2D eigenvalue weighted by atomic mass is 10.2. The smallest absolute Gasteiger partial charge is 0.254 e. The van der Waals surface area contributed by atoms with Crippen LogP contribution < -0.4 is 5.32 Å². The second-order valence-electron chi connectivity index (χ2n) is 3.24. The first-order chi connectivity index (χ1) is 7.41. The van der Waals surface area contributed by atoms with Crippen molar-refractivity contribution in [3.05, 3.63) is 34.4 Å². The van der Waals surface area contributed by atoms with E-state index < -0.39 is 17.5 Å². The summed E-state index contributed by atoms with van der Waals surface area (Å²) in [5.74, 6) is -2.43. The number of hydrogen-bond donors (Lipinski definition) is 1. The molecular formula is C10H9Cl2F2NO. The van der Waals surface area contributed by atoms with Crippen LogP contribution in [0, 0.1) is 11.6 Å². The summed E-state index contributed by atoms with van der Waals surface area (Å²) in [6.45, 7) is 1.84. The molecule has 1 aromatic carbocycles. The van der Waals surface area contributed by atoms with Crippen molar-refractivity contribution in [1.82, 2.24) is 5.32 Å². The standard InChI is InChI=1S/C10H9Cl2F2NO/c1-5(11)4-15-10(16)6-2-9(14)7(12)3-8(6)13/h2-3,5H,4H2,1H3,(H,15,16). The Balaban J connectivity index is 2.87. The van der Waals surface area contributed by atoms with Gasteiger partial charge in [-0.25, -0.2) is 8.78 Å². The summed E-state index contributed by atoms with van der Waals surface area (Å²) in [6.07, 6.45) is 0. The quantitative estimate of drug-likeness (QED) is 0.662. The lowest BCUT2D eigenvalue weighted by molar-refractivity contribution is 0.0949. The van der Waals surface area contributed by atoms with Gasteiger partial charge in [0.2, 0.25) is 0 Å². The van der Waals surface area contributed by atoms with Gasteiger partial charge < -0.3 is 5.32 Å². The minimum atomic E-state index is -0.869. The van der Waals surface area contributed by atoms with E-state index in [2.05, 4.69) is 5.32 Å². The molecule has 0 saturated carbocycles. The van der Waals surface area contributed by atoms with Crippen LogP contribution in [0.1, 0.15) is 17.3 Å². The third kappa shape index (κ3) is 3.32. The first-order valence-corrected chi connectivity index (χ1v) is 5.30. The van der Waals surface area contributed by atoms with Gasteiger partial charge in [-0.2, -0.15) is 0 Å². The third-order valence-electron chi connectivity index (χ3n) is 1.80. The average Bonchev–Trinajstić information content (AvgIpc) is 2.20. The van der Waals surface area contributed by atoms with E-state index >= 15 is 0 Å². The SMILES string of the molecule is CC(Cl)CNC(=O)c1cc(F)c(Cl)cc1F. The number of benzene rings is 1. The highest BCUT2D eigenvalue weighted by atomic mass is 35.5. The first kappa shape index (κ1) is 13.2. The zero-order valence-electron chi connectivity index (χ0n) is 8.36. The molecule has 0 heterocycles. The van der Waals surface area contributed by atoms with Crippen molar-refractivity contribution >= 4 is 29.1 Å². The maximum Gasteiger partial charge on any atom is 0.254 e. The average molecular weight is 268 g/mol. The van der Waals surface area contributed by atoms with E-state index in [4.69, 9.17) is 23.2 Å². The van der Waals surface area contributed by atoms with Gasteiger partial charge in [-0.1, -0.05) is 11.6 Å². The zero-order chi connectivity index (χ0) is 12.3. The molecule has 1 atom stereocenters. The predicted octanol–water partition coefficient (Wildman–Crippen LogP) is 2.98. The first-order valence-electron chi connectivity index (χ1n) is 4.48. The maximum absolute atomic E-state index is 13.3. The Bertz CT molecular complexity index is 410. The van der Waals surface area contributed by atoms with Gasteiger partial charge in [0.1, 0.15) is 11.6 Å². The van der Waals surface area contributed by atoms with Crippen molar-refractivity contribution < 1.29 is 13.6 Å². The molecular weight excluding hydrogens is 259 g/mol. The molecule has 1 aromatic rings. The molecule has 1 unspecified atom stereocenters. The number of carbonyl (C=O) groups is 1. The molecule has 16 heavy (non-hydrogen) atoms. The molecule has 0 bridgehead atoms. The maximum atomic E-state index is 13.3. The molecule has 2 nitrogen and oxygen atoms in total. The largest absolute Gasteiger partial charge is 0.350 e. The van der Waals surface area contributed by atoms with Gasteiger partial charge >= 0.3 is 0 Å². The molecule has 0 aromatic heterocycles. The molecule has 1 amide bonds. The summed E-state index contributed by atoms with van der Waals surface area (Å²) in [5, 5.41) is 1.72. The summed E-state index contributed by atoms with van der Waals surface area (Å²) in [5.41, 5.74) is -0.390. The molecule has 0 saturated heterocycles. The Morgan fingerprint density at radius 1 is 1.44 bits per heavy atom. The predicted molar refractivity (Wildman–Crippen MR) is 59.0 cm³/mol. The van der Waals surface area contributed by atoms with Crippen molar-refractivity contribution in [3.63, 3.8) is 0 Å². The molecule has 0 aliphatic carbocycles. The number of carbonyl (C=O) groups excluding carboxylic acids is 1. The number of rotatable bonds is 3. The second kappa shape index (κ2) is 5.46. The van der Waals surface area contributed by atoms with Crippen LogP contribution >= 0.6 is 23.2 Å². The molecule has 6 heteroatoms. The van der Waals surface area contributed by atoms with E-state index in [0.717, 1.165) is 12.1 Å². The highest BCUT2D eigenvalue weighted by Gasteiger charge is 2.15. The normalized spacial score (nSPS) is 12.3. The van der Waals surface area contributed by atoms with Crippen LogP contribution in [0.15, 0.2) is 12.1 Å². The Hall–Kier alpha value is -0.870. The fourth-order valence-electron chi connectivity index (χ4n) is 1.03. The van der Waals surface area contributed by atoms with Crippen LogP contribution in [-0.2, 0) is 0 Å². The van der Waals surface area contributed by atoms with Crippen molar-refractivity contribution in [1.29, 1.82) is 0 Å². The number of nitrogens with one attached hydrogen (secondary N) is 1. The molecule has 0 radical (unpaired) electrons. The van der Waals surface area contributed by atoms with Gasteiger partial charge in [-0.3, -0.25) is 4.79 Å². The van der Waals surface area contributed by atoms with Gasteiger partial charge in [-0.05, 0) is 19.1 Å². The number of halogens is 4. The molecule has 1 rings (SSSR count). The van der Waals surface area contributed by atoms with Gasteiger partial charge in [0, 0.05) is 11.9 Å². The Morgan fingerprint density at radius 2 is 2.06 bits per heavy atom. The van der Waals surface area contributed by atoms with Gasteiger partial charge in [0.15, 0.2) is 0 Å². The van der Waals surface area contributed by atoms with Crippen LogP contribution in [-0.4, -0.2) is 17.8 Å².